The van der Waals surface area contributed by atoms with Crippen LogP contribution in [0.15, 0.2) is 48.5 Å². The second-order valence-corrected chi connectivity index (χ2v) is 13.0. The number of carbonyl (C=O) groups excluding carboxylic acids is 7. The SMILES string of the molecule is O=C1Cn2c(C(=O)NCCCCCNc3ccc4c(c3)C(=O)N(C3CCC(=O)NC3=O)C4=O)cc(NC(=O)c3nsc4ccccc34)c2CN1. The van der Waals surface area contributed by atoms with Crippen molar-refractivity contribution in [3.63, 3.8) is 0 Å². The summed E-state index contributed by atoms with van der Waals surface area (Å²) >= 11 is 1.23. The maximum absolute atomic E-state index is 13.2. The van der Waals surface area contributed by atoms with Crippen LogP contribution in [-0.4, -0.2) is 74.3 Å². The van der Waals surface area contributed by atoms with Gasteiger partial charge in [0.15, 0.2) is 0 Å². The van der Waals surface area contributed by atoms with E-state index in [0.717, 1.165) is 27.8 Å². The van der Waals surface area contributed by atoms with Crippen LogP contribution in [0.1, 0.15) is 79.5 Å². The minimum Gasteiger partial charge on any atom is -0.385 e. The number of aromatic nitrogens is 2. The molecule has 0 spiro atoms. The van der Waals surface area contributed by atoms with Gasteiger partial charge in [-0.1, -0.05) is 18.2 Å². The van der Waals surface area contributed by atoms with Gasteiger partial charge in [0, 0.05) is 30.6 Å². The Hall–Kier alpha value is -5.90. The Bertz CT molecular complexity index is 2100. The zero-order valence-electron chi connectivity index (χ0n) is 26.7. The molecule has 2 aromatic carbocycles. The van der Waals surface area contributed by atoms with E-state index in [9.17, 15) is 33.6 Å². The largest absolute Gasteiger partial charge is 0.385 e. The van der Waals surface area contributed by atoms with Crippen LogP contribution < -0.4 is 26.6 Å². The molecular formula is C34H32N8O7S. The molecule has 0 saturated carbocycles. The average Bonchev–Trinajstić information content (AvgIpc) is 3.76. The molecule has 15 nitrogen and oxygen atoms in total. The minimum atomic E-state index is -1.02. The molecule has 1 saturated heterocycles. The summed E-state index contributed by atoms with van der Waals surface area (Å²) in [4.78, 5) is 89.3. The molecule has 16 heteroatoms. The van der Waals surface area contributed by atoms with Crippen LogP contribution in [0.25, 0.3) is 10.1 Å². The van der Waals surface area contributed by atoms with Crippen LogP contribution in [0, 0.1) is 0 Å². The maximum Gasteiger partial charge on any atom is 0.276 e. The van der Waals surface area contributed by atoms with Crippen molar-refractivity contribution in [1.29, 1.82) is 0 Å². The second kappa shape index (κ2) is 13.5. The fourth-order valence-electron chi connectivity index (χ4n) is 6.40. The van der Waals surface area contributed by atoms with E-state index in [1.54, 1.807) is 28.8 Å². The molecule has 0 radical (unpaired) electrons. The third-order valence-electron chi connectivity index (χ3n) is 8.94. The van der Waals surface area contributed by atoms with Gasteiger partial charge in [0.1, 0.15) is 24.0 Å². The molecule has 0 bridgehead atoms. The fourth-order valence-corrected chi connectivity index (χ4v) is 7.18. The molecule has 1 atom stereocenters. The normalized spacial score (nSPS) is 16.9. The van der Waals surface area contributed by atoms with Crippen molar-refractivity contribution in [2.75, 3.05) is 23.7 Å². The van der Waals surface area contributed by atoms with Gasteiger partial charge in [-0.05, 0) is 67.5 Å². The van der Waals surface area contributed by atoms with E-state index in [2.05, 4.69) is 31.0 Å². The lowest BCUT2D eigenvalue weighted by molar-refractivity contribution is -0.136. The number of amides is 7. The first-order valence-corrected chi connectivity index (χ1v) is 17.0. The van der Waals surface area contributed by atoms with Gasteiger partial charge in [0.25, 0.3) is 23.6 Å². The smallest absolute Gasteiger partial charge is 0.276 e. The first-order chi connectivity index (χ1) is 24.2. The molecular weight excluding hydrogens is 664 g/mol. The standard InChI is InChI=1S/C34H32N8O7S/c43-27-11-10-23(31(46)39-27)42-33(48)19-9-8-18(14-21(19)34(42)49)35-12-4-1-5-13-36-30(45)24-15-22(25-16-37-28(44)17-41(24)25)38-32(47)29-20-6-2-3-7-26(20)50-40-29/h2-3,6-9,14-15,23,35H,1,4-5,10-13,16-17H2,(H,36,45)(H,37,44)(H,38,47)(H,39,43,46). The highest BCUT2D eigenvalue weighted by Gasteiger charge is 2.44. The number of rotatable bonds is 11. The second-order valence-electron chi connectivity index (χ2n) is 12.2. The summed E-state index contributed by atoms with van der Waals surface area (Å²) in [5.41, 5.74) is 2.69. The number of carbonyl (C=O) groups is 7. The van der Waals surface area contributed by atoms with Crippen molar-refractivity contribution in [3.8, 4) is 0 Å². The molecule has 5 N–H and O–H groups in total. The van der Waals surface area contributed by atoms with Gasteiger partial charge < -0.3 is 25.8 Å². The van der Waals surface area contributed by atoms with Crippen LogP contribution in [-0.2, 0) is 27.5 Å². The zero-order valence-corrected chi connectivity index (χ0v) is 27.5. The molecule has 3 aliphatic rings. The predicted molar refractivity (Wildman–Crippen MR) is 182 cm³/mol. The quantitative estimate of drug-likeness (QED) is 0.115. The van der Waals surface area contributed by atoms with Gasteiger partial charge >= 0.3 is 0 Å². The van der Waals surface area contributed by atoms with Gasteiger partial charge in [-0.2, -0.15) is 4.37 Å². The summed E-state index contributed by atoms with van der Waals surface area (Å²) < 4.78 is 6.81. The van der Waals surface area contributed by atoms with E-state index < -0.39 is 35.6 Å². The van der Waals surface area contributed by atoms with Crippen molar-refractivity contribution in [2.24, 2.45) is 0 Å². The van der Waals surface area contributed by atoms with E-state index in [4.69, 9.17) is 0 Å². The molecule has 3 aliphatic heterocycles. The van der Waals surface area contributed by atoms with Gasteiger partial charge in [-0.15, -0.1) is 0 Å². The summed E-state index contributed by atoms with van der Waals surface area (Å²) in [6.45, 7) is 1.09. The highest BCUT2D eigenvalue weighted by Crippen LogP contribution is 2.30. The van der Waals surface area contributed by atoms with Gasteiger partial charge in [0.05, 0.1) is 33.8 Å². The van der Waals surface area contributed by atoms with Crippen molar-refractivity contribution < 1.29 is 33.6 Å². The number of nitrogens with zero attached hydrogens (tertiary/aromatic N) is 3. The highest BCUT2D eigenvalue weighted by molar-refractivity contribution is 7.13. The van der Waals surface area contributed by atoms with Gasteiger partial charge in [0.2, 0.25) is 17.7 Å². The van der Waals surface area contributed by atoms with Crippen LogP contribution in [0.5, 0.6) is 0 Å². The number of hydrogen-bond donors (Lipinski definition) is 5. The maximum atomic E-state index is 13.2. The highest BCUT2D eigenvalue weighted by atomic mass is 32.1. The lowest BCUT2D eigenvalue weighted by Crippen LogP contribution is -2.54. The molecule has 7 rings (SSSR count). The Kier molecular flexibility index (Phi) is 8.84. The third kappa shape index (κ3) is 6.20. The predicted octanol–water partition coefficient (Wildman–Crippen LogP) is 2.39. The number of fused-ring (bicyclic) bond motifs is 3. The van der Waals surface area contributed by atoms with Crippen LogP contribution >= 0.6 is 11.5 Å². The molecule has 256 valence electrons. The molecule has 7 amide bonds. The molecule has 50 heavy (non-hydrogen) atoms. The van der Waals surface area contributed by atoms with Gasteiger partial charge in [-0.3, -0.25) is 43.8 Å². The fraction of sp³-hybridized carbons (Fsp3) is 0.294. The average molecular weight is 697 g/mol. The van der Waals surface area contributed by atoms with E-state index in [-0.39, 0.29) is 54.6 Å². The summed E-state index contributed by atoms with van der Waals surface area (Å²) in [6.07, 6.45) is 2.36. The van der Waals surface area contributed by atoms with Crippen molar-refractivity contribution in [1.82, 2.24) is 29.8 Å². The zero-order chi connectivity index (χ0) is 34.9. The monoisotopic (exact) mass is 696 g/mol. The Balaban J connectivity index is 0.897. The van der Waals surface area contributed by atoms with E-state index in [1.165, 1.54) is 11.5 Å². The summed E-state index contributed by atoms with van der Waals surface area (Å²) in [5, 5.41) is 14.7. The Morgan fingerprint density at radius 2 is 1.70 bits per heavy atom. The van der Waals surface area contributed by atoms with Crippen molar-refractivity contribution in [2.45, 2.75) is 51.2 Å². The molecule has 5 heterocycles. The molecule has 4 aromatic rings. The first kappa shape index (κ1) is 32.6. The van der Waals surface area contributed by atoms with Crippen LogP contribution in [0.4, 0.5) is 11.4 Å². The molecule has 0 aliphatic carbocycles. The number of piperidine rings is 1. The van der Waals surface area contributed by atoms with E-state index in [0.29, 0.717) is 42.3 Å². The summed E-state index contributed by atoms with van der Waals surface area (Å²) in [7, 11) is 0. The van der Waals surface area contributed by atoms with Crippen LogP contribution in [0.2, 0.25) is 0 Å². The Morgan fingerprint density at radius 3 is 2.54 bits per heavy atom. The molecule has 1 fully saturated rings. The summed E-state index contributed by atoms with van der Waals surface area (Å²) in [5.74, 6) is -3.19. The molecule has 1 unspecified atom stereocenters. The number of hydrogen-bond acceptors (Lipinski definition) is 10. The summed E-state index contributed by atoms with van der Waals surface area (Å²) in [6, 6.07) is 12.9. The third-order valence-corrected chi connectivity index (χ3v) is 9.77. The Labute approximate surface area is 288 Å². The van der Waals surface area contributed by atoms with Crippen LogP contribution in [0.3, 0.4) is 0 Å². The first-order valence-electron chi connectivity index (χ1n) is 16.2. The lowest BCUT2D eigenvalue weighted by atomic mass is 10.0. The van der Waals surface area contributed by atoms with Crippen molar-refractivity contribution in [3.05, 3.63) is 76.7 Å². The van der Waals surface area contributed by atoms with Crippen molar-refractivity contribution >= 4 is 74.3 Å². The van der Waals surface area contributed by atoms with E-state index >= 15 is 0 Å². The van der Waals surface area contributed by atoms with Gasteiger partial charge in [-0.25, -0.2) is 0 Å². The Morgan fingerprint density at radius 1 is 0.900 bits per heavy atom. The minimum absolute atomic E-state index is 0.0450. The number of benzene rings is 2. The number of unbranched alkanes of at least 4 members (excludes halogenated alkanes) is 2. The number of nitrogens with one attached hydrogen (secondary N) is 5. The topological polar surface area (TPSA) is 201 Å². The lowest BCUT2D eigenvalue weighted by Gasteiger charge is -2.27. The van der Waals surface area contributed by atoms with E-state index in [1.807, 2.05) is 24.3 Å². The number of anilines is 2. The molecule has 2 aromatic heterocycles. The number of imide groups is 2.